The van der Waals surface area contributed by atoms with Crippen LogP contribution in [0.1, 0.15) is 19.3 Å². The number of nitrogens with one attached hydrogen (secondary N) is 1. The number of carbonyl (C=O) groups is 1. The van der Waals surface area contributed by atoms with Gasteiger partial charge >= 0.3 is 0 Å². The molecule has 0 aromatic rings. The molecule has 1 amide bonds. The van der Waals surface area contributed by atoms with Crippen molar-refractivity contribution in [1.29, 1.82) is 0 Å². The molecule has 0 bridgehead atoms. The van der Waals surface area contributed by atoms with Gasteiger partial charge in [0.2, 0.25) is 5.91 Å². The molecule has 4 heteroatoms. The molecular formula is C11H20N2OS. The van der Waals surface area contributed by atoms with E-state index in [2.05, 4.69) is 11.6 Å². The molecule has 3 N–H and O–H groups in total. The topological polar surface area (TPSA) is 55.1 Å². The third-order valence-corrected chi connectivity index (χ3v) is 3.22. The number of hydrogen-bond donors (Lipinski definition) is 2. The van der Waals surface area contributed by atoms with Crippen molar-refractivity contribution in [2.75, 3.05) is 18.6 Å². The van der Waals surface area contributed by atoms with Crippen LogP contribution in [0, 0.1) is 5.92 Å². The third-order valence-electron chi connectivity index (χ3n) is 2.53. The first kappa shape index (κ1) is 12.6. The molecule has 3 nitrogen and oxygen atoms in total. The van der Waals surface area contributed by atoms with E-state index in [1.54, 1.807) is 0 Å². The second-order valence-electron chi connectivity index (χ2n) is 3.88. The van der Waals surface area contributed by atoms with Gasteiger partial charge < -0.3 is 11.1 Å². The van der Waals surface area contributed by atoms with Gasteiger partial charge in [-0.2, -0.15) is 11.8 Å². The zero-order chi connectivity index (χ0) is 11.1. The molecule has 0 spiro atoms. The molecule has 1 aliphatic carbocycles. The number of unbranched alkanes of at least 4 members (excludes halogenated alkanes) is 1. The van der Waals surface area contributed by atoms with Crippen LogP contribution in [0.25, 0.3) is 0 Å². The summed E-state index contributed by atoms with van der Waals surface area (Å²) in [5.74, 6) is 1.30. The maximum absolute atomic E-state index is 11.6. The number of hydrogen-bond acceptors (Lipinski definition) is 3. The lowest BCUT2D eigenvalue weighted by molar-refractivity contribution is -0.123. The van der Waals surface area contributed by atoms with Crippen molar-refractivity contribution in [3.8, 4) is 0 Å². The fourth-order valence-corrected chi connectivity index (χ4v) is 2.13. The van der Waals surface area contributed by atoms with Gasteiger partial charge in [-0.05, 0) is 31.3 Å². The maximum atomic E-state index is 11.6. The molecule has 86 valence electrons. The molecule has 15 heavy (non-hydrogen) atoms. The zero-order valence-electron chi connectivity index (χ0n) is 9.24. The van der Waals surface area contributed by atoms with Crippen molar-refractivity contribution in [3.05, 3.63) is 12.2 Å². The Labute approximate surface area is 95.9 Å². The van der Waals surface area contributed by atoms with E-state index in [0.29, 0.717) is 0 Å². The molecule has 0 saturated heterocycles. The Balaban J connectivity index is 2.06. The highest BCUT2D eigenvalue weighted by Gasteiger charge is 2.21. The molecule has 0 fully saturated rings. The van der Waals surface area contributed by atoms with Gasteiger partial charge in [-0.25, -0.2) is 0 Å². The average molecular weight is 228 g/mol. The van der Waals surface area contributed by atoms with Gasteiger partial charge in [0, 0.05) is 12.6 Å². The molecule has 2 atom stereocenters. The van der Waals surface area contributed by atoms with E-state index in [1.807, 2.05) is 23.9 Å². The van der Waals surface area contributed by atoms with E-state index < -0.39 is 0 Å². The van der Waals surface area contributed by atoms with Gasteiger partial charge in [0.1, 0.15) is 0 Å². The highest BCUT2D eigenvalue weighted by molar-refractivity contribution is 7.98. The summed E-state index contributed by atoms with van der Waals surface area (Å²) in [6.45, 7) is 0.791. The Morgan fingerprint density at radius 1 is 1.53 bits per heavy atom. The first-order chi connectivity index (χ1) is 7.24. The quantitative estimate of drug-likeness (QED) is 0.529. The third kappa shape index (κ3) is 4.71. The van der Waals surface area contributed by atoms with Crippen LogP contribution in [0.5, 0.6) is 0 Å². The standard InChI is InChI=1S/C11H20N2OS/c1-15-7-3-2-6-13-11(14)9-4-5-10(12)8-9/h4-5,9-10H,2-3,6-8,12H2,1H3,(H,13,14). The number of nitrogens with two attached hydrogens (primary N) is 1. The summed E-state index contributed by atoms with van der Waals surface area (Å²) in [6.07, 6.45) is 8.93. The summed E-state index contributed by atoms with van der Waals surface area (Å²) >= 11 is 1.85. The normalized spacial score (nSPS) is 24.4. The van der Waals surface area contributed by atoms with Crippen molar-refractivity contribution < 1.29 is 4.79 Å². The minimum atomic E-state index is 0.000509. The molecule has 0 aromatic carbocycles. The Hall–Kier alpha value is -0.480. The second-order valence-corrected chi connectivity index (χ2v) is 4.87. The van der Waals surface area contributed by atoms with E-state index in [1.165, 1.54) is 12.2 Å². The second kappa shape index (κ2) is 6.90. The molecule has 0 aromatic heterocycles. The molecule has 0 heterocycles. The average Bonchev–Trinajstić information content (AvgIpc) is 2.64. The SMILES string of the molecule is CSCCCCNC(=O)C1C=CC(N)C1. The van der Waals surface area contributed by atoms with Crippen LogP contribution >= 0.6 is 11.8 Å². The lowest BCUT2D eigenvalue weighted by Crippen LogP contribution is -2.31. The minimum Gasteiger partial charge on any atom is -0.356 e. The fourth-order valence-electron chi connectivity index (χ4n) is 1.64. The summed E-state index contributed by atoms with van der Waals surface area (Å²) in [7, 11) is 0. The fraction of sp³-hybridized carbons (Fsp3) is 0.727. The van der Waals surface area contributed by atoms with Gasteiger partial charge in [-0.15, -0.1) is 0 Å². The summed E-state index contributed by atoms with van der Waals surface area (Å²) in [5, 5.41) is 2.95. The highest BCUT2D eigenvalue weighted by Crippen LogP contribution is 2.16. The van der Waals surface area contributed by atoms with E-state index in [-0.39, 0.29) is 17.9 Å². The van der Waals surface area contributed by atoms with Crippen LogP contribution < -0.4 is 11.1 Å². The van der Waals surface area contributed by atoms with Gasteiger partial charge in [-0.1, -0.05) is 12.2 Å². The Morgan fingerprint density at radius 2 is 2.33 bits per heavy atom. The smallest absolute Gasteiger partial charge is 0.226 e. The number of thioether (sulfide) groups is 1. The van der Waals surface area contributed by atoms with Gasteiger partial charge in [0.05, 0.1) is 5.92 Å². The minimum absolute atomic E-state index is 0.000509. The van der Waals surface area contributed by atoms with Crippen molar-refractivity contribution in [2.45, 2.75) is 25.3 Å². The molecular weight excluding hydrogens is 208 g/mol. The monoisotopic (exact) mass is 228 g/mol. The summed E-state index contributed by atoms with van der Waals surface area (Å²) in [5.41, 5.74) is 5.69. The van der Waals surface area contributed by atoms with Crippen LogP contribution in [0.2, 0.25) is 0 Å². The lowest BCUT2D eigenvalue weighted by atomic mass is 10.1. The van der Waals surface area contributed by atoms with Crippen LogP contribution in [0.15, 0.2) is 12.2 Å². The van der Waals surface area contributed by atoms with Crippen molar-refractivity contribution >= 4 is 17.7 Å². The molecule has 1 rings (SSSR count). The summed E-state index contributed by atoms with van der Waals surface area (Å²) < 4.78 is 0. The number of amides is 1. The molecule has 1 aliphatic rings. The number of carbonyl (C=O) groups excluding carboxylic acids is 1. The largest absolute Gasteiger partial charge is 0.356 e. The van der Waals surface area contributed by atoms with E-state index in [4.69, 9.17) is 5.73 Å². The van der Waals surface area contributed by atoms with Crippen LogP contribution in [0.3, 0.4) is 0 Å². The Bertz CT molecular complexity index is 231. The lowest BCUT2D eigenvalue weighted by Gasteiger charge is -2.10. The Kier molecular flexibility index (Phi) is 5.79. The van der Waals surface area contributed by atoms with E-state index in [0.717, 1.165) is 19.4 Å². The zero-order valence-corrected chi connectivity index (χ0v) is 10.1. The van der Waals surface area contributed by atoms with Crippen LogP contribution in [-0.4, -0.2) is 30.5 Å². The van der Waals surface area contributed by atoms with Gasteiger partial charge in [0.25, 0.3) is 0 Å². The molecule has 2 unspecified atom stereocenters. The number of rotatable bonds is 6. The predicted molar refractivity (Wildman–Crippen MR) is 65.8 cm³/mol. The summed E-state index contributed by atoms with van der Waals surface area (Å²) in [6, 6.07) is 0.0669. The Morgan fingerprint density at radius 3 is 2.93 bits per heavy atom. The first-order valence-corrected chi connectivity index (χ1v) is 6.84. The van der Waals surface area contributed by atoms with Crippen LogP contribution in [0.4, 0.5) is 0 Å². The molecule has 0 aliphatic heterocycles. The van der Waals surface area contributed by atoms with Crippen molar-refractivity contribution in [1.82, 2.24) is 5.32 Å². The molecule has 0 saturated carbocycles. The van der Waals surface area contributed by atoms with Gasteiger partial charge in [-0.3, -0.25) is 4.79 Å². The summed E-state index contributed by atoms with van der Waals surface area (Å²) in [4.78, 5) is 11.6. The van der Waals surface area contributed by atoms with Crippen molar-refractivity contribution in [3.63, 3.8) is 0 Å². The van der Waals surface area contributed by atoms with Crippen LogP contribution in [-0.2, 0) is 4.79 Å². The van der Waals surface area contributed by atoms with Crippen molar-refractivity contribution in [2.24, 2.45) is 11.7 Å². The van der Waals surface area contributed by atoms with E-state index in [9.17, 15) is 4.79 Å². The predicted octanol–water partition coefficient (Wildman–Crippen LogP) is 1.15. The van der Waals surface area contributed by atoms with Gasteiger partial charge in [0.15, 0.2) is 0 Å². The first-order valence-electron chi connectivity index (χ1n) is 5.44. The highest BCUT2D eigenvalue weighted by atomic mass is 32.2. The maximum Gasteiger partial charge on any atom is 0.226 e. The molecule has 0 radical (unpaired) electrons. The van der Waals surface area contributed by atoms with E-state index >= 15 is 0 Å².